The van der Waals surface area contributed by atoms with Crippen LogP contribution >= 0.6 is 0 Å². The lowest BCUT2D eigenvalue weighted by atomic mass is 10.1. The Morgan fingerprint density at radius 2 is 1.34 bits per heavy atom. The van der Waals surface area contributed by atoms with Crippen LogP contribution < -0.4 is 16.0 Å². The number of urea groups is 1. The minimum absolute atomic E-state index is 0.0473. The molecule has 0 aliphatic carbocycles. The lowest BCUT2D eigenvalue weighted by Gasteiger charge is -2.15. The second-order valence-electron chi connectivity index (χ2n) is 6.92. The van der Waals surface area contributed by atoms with Crippen LogP contribution in [0, 0.1) is 0 Å². The van der Waals surface area contributed by atoms with E-state index in [1.54, 1.807) is 24.3 Å². The van der Waals surface area contributed by atoms with Crippen molar-refractivity contribution in [1.82, 2.24) is 5.32 Å². The van der Waals surface area contributed by atoms with Gasteiger partial charge in [0.1, 0.15) is 0 Å². The molecule has 0 heterocycles. The Morgan fingerprint density at radius 1 is 0.759 bits per heavy atom. The van der Waals surface area contributed by atoms with Crippen molar-refractivity contribution < 1.29 is 9.59 Å². The molecule has 0 aliphatic heterocycles. The molecule has 3 aromatic carbocycles. The van der Waals surface area contributed by atoms with Crippen LogP contribution in [0.1, 0.15) is 29.3 Å². The Bertz CT molecular complexity index is 925. The Kier molecular flexibility index (Phi) is 7.00. The normalized spacial score (nSPS) is 11.3. The fourth-order valence-corrected chi connectivity index (χ4v) is 2.92. The molecule has 0 saturated heterocycles. The Balaban J connectivity index is 1.46. The van der Waals surface area contributed by atoms with Crippen LogP contribution in [0.2, 0.25) is 0 Å². The molecular weight excluding hydrogens is 362 g/mol. The average molecular weight is 387 g/mol. The molecule has 3 N–H and O–H groups in total. The highest BCUT2D eigenvalue weighted by atomic mass is 16.2. The first-order valence-corrected chi connectivity index (χ1v) is 9.68. The van der Waals surface area contributed by atoms with E-state index in [0.29, 0.717) is 11.3 Å². The third-order valence-electron chi connectivity index (χ3n) is 4.52. The summed E-state index contributed by atoms with van der Waals surface area (Å²) in [5, 5.41) is 8.58. The van der Waals surface area contributed by atoms with E-state index in [2.05, 4.69) is 28.1 Å². The summed E-state index contributed by atoms with van der Waals surface area (Å²) < 4.78 is 0. The summed E-state index contributed by atoms with van der Waals surface area (Å²) in [4.78, 5) is 24.5. The number of carbonyl (C=O) groups excluding carboxylic acids is 2. The summed E-state index contributed by atoms with van der Waals surface area (Å²) in [6.07, 6.45) is 1.77. The monoisotopic (exact) mass is 387 g/mol. The maximum Gasteiger partial charge on any atom is 0.319 e. The predicted molar refractivity (Wildman–Crippen MR) is 117 cm³/mol. The van der Waals surface area contributed by atoms with Crippen molar-refractivity contribution in [3.63, 3.8) is 0 Å². The fraction of sp³-hybridized carbons (Fsp3) is 0.167. The van der Waals surface area contributed by atoms with Gasteiger partial charge in [0.25, 0.3) is 5.91 Å². The highest BCUT2D eigenvalue weighted by Gasteiger charge is 2.09. The van der Waals surface area contributed by atoms with E-state index in [0.717, 1.165) is 18.5 Å². The molecule has 0 bridgehead atoms. The number of nitrogens with one attached hydrogen (secondary N) is 3. The Morgan fingerprint density at radius 3 is 2.00 bits per heavy atom. The summed E-state index contributed by atoms with van der Waals surface area (Å²) in [6, 6.07) is 26.1. The van der Waals surface area contributed by atoms with Crippen molar-refractivity contribution in [2.24, 2.45) is 0 Å². The third kappa shape index (κ3) is 6.50. The number of anilines is 2. The van der Waals surface area contributed by atoms with Crippen LogP contribution in [0.5, 0.6) is 0 Å². The number of aryl methyl sites for hydroxylation is 1. The minimum atomic E-state index is -0.257. The topological polar surface area (TPSA) is 70.2 Å². The standard InChI is InChI=1S/C24H25N3O2/c1-18(12-13-19-8-4-2-5-9-19)25-24(29)27-22-16-14-20(15-17-22)23(28)26-21-10-6-3-7-11-21/h2-11,14-18H,12-13H2,1H3,(H,26,28)(H2,25,27,29). The van der Waals surface area contributed by atoms with Crippen molar-refractivity contribution in [2.75, 3.05) is 10.6 Å². The summed E-state index contributed by atoms with van der Waals surface area (Å²) >= 11 is 0. The molecule has 1 atom stereocenters. The van der Waals surface area contributed by atoms with Gasteiger partial charge >= 0.3 is 6.03 Å². The molecule has 0 aliphatic rings. The first-order valence-electron chi connectivity index (χ1n) is 9.68. The molecule has 0 radical (unpaired) electrons. The molecule has 0 fully saturated rings. The Hall–Kier alpha value is -3.60. The second-order valence-corrected chi connectivity index (χ2v) is 6.92. The van der Waals surface area contributed by atoms with Gasteiger partial charge in [0, 0.05) is 23.0 Å². The Labute approximate surface area is 171 Å². The van der Waals surface area contributed by atoms with E-state index in [9.17, 15) is 9.59 Å². The average Bonchev–Trinajstić information content (AvgIpc) is 2.74. The predicted octanol–water partition coefficient (Wildman–Crippen LogP) is 5.08. The van der Waals surface area contributed by atoms with Crippen LogP contribution in [0.15, 0.2) is 84.9 Å². The maximum absolute atomic E-state index is 12.3. The molecule has 29 heavy (non-hydrogen) atoms. The largest absolute Gasteiger partial charge is 0.335 e. The lowest BCUT2D eigenvalue weighted by Crippen LogP contribution is -2.36. The number of para-hydroxylation sites is 1. The quantitative estimate of drug-likeness (QED) is 0.529. The fourth-order valence-electron chi connectivity index (χ4n) is 2.92. The second kappa shape index (κ2) is 10.1. The summed E-state index contributed by atoms with van der Waals surface area (Å²) in [5.74, 6) is -0.193. The highest BCUT2D eigenvalue weighted by Crippen LogP contribution is 2.13. The van der Waals surface area contributed by atoms with Crippen LogP contribution in [0.25, 0.3) is 0 Å². The maximum atomic E-state index is 12.3. The number of carbonyl (C=O) groups is 2. The molecule has 0 aromatic heterocycles. The zero-order valence-corrected chi connectivity index (χ0v) is 16.4. The van der Waals surface area contributed by atoms with Gasteiger partial charge in [-0.1, -0.05) is 48.5 Å². The van der Waals surface area contributed by atoms with Gasteiger partial charge in [-0.25, -0.2) is 4.79 Å². The van der Waals surface area contributed by atoms with Gasteiger partial charge in [-0.3, -0.25) is 4.79 Å². The zero-order valence-electron chi connectivity index (χ0n) is 16.4. The van der Waals surface area contributed by atoms with Crippen molar-refractivity contribution >= 4 is 23.3 Å². The van der Waals surface area contributed by atoms with Gasteiger partial charge in [0.15, 0.2) is 0 Å². The number of benzene rings is 3. The molecule has 3 aromatic rings. The molecule has 3 amide bonds. The van der Waals surface area contributed by atoms with E-state index in [1.807, 2.05) is 55.5 Å². The molecular formula is C24H25N3O2. The lowest BCUT2D eigenvalue weighted by molar-refractivity contribution is 0.102. The number of hydrogen-bond acceptors (Lipinski definition) is 2. The summed E-state index contributed by atoms with van der Waals surface area (Å²) in [5.41, 5.74) is 3.15. The molecule has 5 nitrogen and oxygen atoms in total. The van der Waals surface area contributed by atoms with Crippen LogP contribution in [0.3, 0.4) is 0 Å². The molecule has 0 saturated carbocycles. The first kappa shape index (κ1) is 20.1. The van der Waals surface area contributed by atoms with E-state index < -0.39 is 0 Å². The highest BCUT2D eigenvalue weighted by molar-refractivity contribution is 6.04. The van der Waals surface area contributed by atoms with Crippen molar-refractivity contribution in [3.8, 4) is 0 Å². The van der Waals surface area contributed by atoms with E-state index in [4.69, 9.17) is 0 Å². The van der Waals surface area contributed by atoms with E-state index in [-0.39, 0.29) is 18.0 Å². The SMILES string of the molecule is CC(CCc1ccccc1)NC(=O)Nc1ccc(C(=O)Nc2ccccc2)cc1. The van der Waals surface area contributed by atoms with Gasteiger partial charge in [-0.15, -0.1) is 0 Å². The first-order chi connectivity index (χ1) is 14.1. The molecule has 5 heteroatoms. The van der Waals surface area contributed by atoms with Crippen LogP contribution in [-0.2, 0) is 6.42 Å². The van der Waals surface area contributed by atoms with Crippen LogP contribution in [-0.4, -0.2) is 18.0 Å². The number of hydrogen-bond donors (Lipinski definition) is 3. The van der Waals surface area contributed by atoms with Gasteiger partial charge in [-0.2, -0.15) is 0 Å². The van der Waals surface area contributed by atoms with Gasteiger partial charge in [-0.05, 0) is 61.7 Å². The van der Waals surface area contributed by atoms with Crippen molar-refractivity contribution in [3.05, 3.63) is 96.1 Å². The van der Waals surface area contributed by atoms with Crippen molar-refractivity contribution in [2.45, 2.75) is 25.8 Å². The van der Waals surface area contributed by atoms with Crippen LogP contribution in [0.4, 0.5) is 16.2 Å². The number of rotatable bonds is 7. The molecule has 148 valence electrons. The minimum Gasteiger partial charge on any atom is -0.335 e. The molecule has 3 rings (SSSR count). The molecule has 1 unspecified atom stereocenters. The van der Waals surface area contributed by atoms with Gasteiger partial charge in [0.2, 0.25) is 0 Å². The summed E-state index contributed by atoms with van der Waals surface area (Å²) in [7, 11) is 0. The zero-order chi connectivity index (χ0) is 20.5. The third-order valence-corrected chi connectivity index (χ3v) is 4.52. The van der Waals surface area contributed by atoms with Crippen molar-refractivity contribution in [1.29, 1.82) is 0 Å². The van der Waals surface area contributed by atoms with E-state index in [1.165, 1.54) is 5.56 Å². The smallest absolute Gasteiger partial charge is 0.319 e. The van der Waals surface area contributed by atoms with Gasteiger partial charge in [0.05, 0.1) is 0 Å². The van der Waals surface area contributed by atoms with Gasteiger partial charge < -0.3 is 16.0 Å². The van der Waals surface area contributed by atoms with E-state index >= 15 is 0 Å². The summed E-state index contributed by atoms with van der Waals surface area (Å²) in [6.45, 7) is 1.99. The molecule has 0 spiro atoms. The number of amides is 3.